The fourth-order valence-electron chi connectivity index (χ4n) is 5.25. The first-order valence-corrected chi connectivity index (χ1v) is 12.7. The fourth-order valence-corrected chi connectivity index (χ4v) is 5.25. The van der Waals surface area contributed by atoms with E-state index in [-0.39, 0.29) is 24.3 Å². The van der Waals surface area contributed by atoms with E-state index in [1.165, 1.54) is 11.1 Å². The molecule has 6 nitrogen and oxygen atoms in total. The van der Waals surface area contributed by atoms with Crippen LogP contribution < -0.4 is 14.8 Å². The Kier molecular flexibility index (Phi) is 6.94. The van der Waals surface area contributed by atoms with Crippen molar-refractivity contribution in [2.24, 2.45) is 0 Å². The average Bonchev–Trinajstić information content (AvgIpc) is 3.04. The Labute approximate surface area is 212 Å². The molecule has 1 N–H and O–H groups in total. The summed E-state index contributed by atoms with van der Waals surface area (Å²) in [5.41, 5.74) is 5.07. The summed E-state index contributed by atoms with van der Waals surface area (Å²) < 4.78 is 11.4. The minimum absolute atomic E-state index is 0.0272. The molecule has 186 valence electrons. The van der Waals surface area contributed by atoms with E-state index in [1.807, 2.05) is 54.3 Å². The van der Waals surface area contributed by atoms with Crippen molar-refractivity contribution in [2.45, 2.75) is 57.7 Å². The van der Waals surface area contributed by atoms with Crippen molar-refractivity contribution >= 4 is 17.5 Å². The molecule has 2 atom stereocenters. The SMILES string of the molecule is CCC1Oc2ccc(NC(=O)Cc3ccc(OC)cc3)cc2CN(C2CCCc3ccccc32)C1=O. The largest absolute Gasteiger partial charge is 0.497 e. The lowest BCUT2D eigenvalue weighted by molar-refractivity contribution is -0.141. The molecule has 1 aliphatic carbocycles. The highest BCUT2D eigenvalue weighted by Gasteiger charge is 2.36. The summed E-state index contributed by atoms with van der Waals surface area (Å²) in [6, 6.07) is 21.6. The van der Waals surface area contributed by atoms with Gasteiger partial charge in [-0.2, -0.15) is 0 Å². The first kappa shape index (κ1) is 23.9. The number of benzene rings is 3. The first-order chi connectivity index (χ1) is 17.6. The summed E-state index contributed by atoms with van der Waals surface area (Å²) in [6.45, 7) is 2.43. The zero-order valence-corrected chi connectivity index (χ0v) is 20.8. The van der Waals surface area contributed by atoms with Crippen LogP contribution >= 0.6 is 0 Å². The van der Waals surface area contributed by atoms with Gasteiger partial charge in [-0.3, -0.25) is 9.59 Å². The Hall–Kier alpha value is -3.80. The van der Waals surface area contributed by atoms with Crippen LogP contribution in [0.25, 0.3) is 0 Å². The third-order valence-corrected chi connectivity index (χ3v) is 7.12. The number of methoxy groups -OCH3 is 1. The Morgan fingerprint density at radius 2 is 1.89 bits per heavy atom. The molecule has 36 heavy (non-hydrogen) atoms. The molecule has 0 aromatic heterocycles. The van der Waals surface area contributed by atoms with Gasteiger partial charge in [-0.05, 0) is 72.7 Å². The maximum atomic E-state index is 13.6. The van der Waals surface area contributed by atoms with Gasteiger partial charge >= 0.3 is 0 Å². The van der Waals surface area contributed by atoms with E-state index in [9.17, 15) is 9.59 Å². The van der Waals surface area contributed by atoms with Crippen molar-refractivity contribution in [2.75, 3.05) is 12.4 Å². The number of carbonyl (C=O) groups excluding carboxylic acids is 2. The van der Waals surface area contributed by atoms with Gasteiger partial charge in [0.15, 0.2) is 6.10 Å². The number of carbonyl (C=O) groups is 2. The molecule has 0 bridgehead atoms. The normalized spacial score (nSPS) is 18.9. The van der Waals surface area contributed by atoms with Crippen LogP contribution in [0.4, 0.5) is 5.69 Å². The van der Waals surface area contributed by atoms with Gasteiger partial charge in [0.25, 0.3) is 5.91 Å². The van der Waals surface area contributed by atoms with Crippen molar-refractivity contribution < 1.29 is 19.1 Å². The summed E-state index contributed by atoms with van der Waals surface area (Å²) in [6.07, 6.45) is 3.38. The Balaban J connectivity index is 1.38. The number of nitrogens with zero attached hydrogens (tertiary/aromatic N) is 1. The van der Waals surface area contributed by atoms with Crippen molar-refractivity contribution in [3.63, 3.8) is 0 Å². The quantitative estimate of drug-likeness (QED) is 0.505. The van der Waals surface area contributed by atoms with E-state index in [0.717, 1.165) is 36.1 Å². The van der Waals surface area contributed by atoms with Crippen LogP contribution in [-0.4, -0.2) is 29.9 Å². The number of hydrogen-bond donors (Lipinski definition) is 1. The highest BCUT2D eigenvalue weighted by molar-refractivity contribution is 5.92. The predicted octanol–water partition coefficient (Wildman–Crippen LogP) is 5.45. The Morgan fingerprint density at radius 3 is 2.67 bits per heavy atom. The lowest BCUT2D eigenvalue weighted by atomic mass is 9.86. The Morgan fingerprint density at radius 1 is 1.08 bits per heavy atom. The molecule has 3 aromatic rings. The van der Waals surface area contributed by atoms with E-state index in [2.05, 4.69) is 29.6 Å². The molecule has 3 aromatic carbocycles. The van der Waals surface area contributed by atoms with Gasteiger partial charge in [-0.15, -0.1) is 0 Å². The molecule has 0 radical (unpaired) electrons. The minimum Gasteiger partial charge on any atom is -0.497 e. The van der Waals surface area contributed by atoms with Crippen molar-refractivity contribution in [1.82, 2.24) is 4.90 Å². The number of amides is 2. The zero-order chi connectivity index (χ0) is 25.1. The van der Waals surface area contributed by atoms with Gasteiger partial charge in [-0.25, -0.2) is 0 Å². The van der Waals surface area contributed by atoms with Crippen molar-refractivity contribution in [1.29, 1.82) is 0 Å². The predicted molar refractivity (Wildman–Crippen MR) is 139 cm³/mol. The molecule has 0 saturated carbocycles. The number of hydrogen-bond acceptors (Lipinski definition) is 4. The summed E-state index contributed by atoms with van der Waals surface area (Å²) in [4.78, 5) is 28.3. The fraction of sp³-hybridized carbons (Fsp3) is 0.333. The first-order valence-electron chi connectivity index (χ1n) is 12.7. The lowest BCUT2D eigenvalue weighted by Crippen LogP contribution is -2.42. The molecule has 5 rings (SSSR count). The third kappa shape index (κ3) is 4.94. The van der Waals surface area contributed by atoms with Crippen LogP contribution in [0.1, 0.15) is 54.5 Å². The smallest absolute Gasteiger partial charge is 0.264 e. The summed E-state index contributed by atoms with van der Waals surface area (Å²) in [7, 11) is 1.62. The minimum atomic E-state index is -0.518. The number of anilines is 1. The van der Waals surface area contributed by atoms with Crippen LogP contribution in [0, 0.1) is 0 Å². The van der Waals surface area contributed by atoms with Gasteiger partial charge < -0.3 is 19.7 Å². The monoisotopic (exact) mass is 484 g/mol. The second kappa shape index (κ2) is 10.4. The summed E-state index contributed by atoms with van der Waals surface area (Å²) >= 11 is 0. The van der Waals surface area contributed by atoms with E-state index < -0.39 is 6.10 Å². The number of fused-ring (bicyclic) bond motifs is 2. The number of ether oxygens (including phenoxy) is 2. The van der Waals surface area contributed by atoms with Crippen molar-refractivity contribution in [3.05, 3.63) is 89.0 Å². The van der Waals surface area contributed by atoms with Gasteiger partial charge in [0, 0.05) is 11.3 Å². The van der Waals surface area contributed by atoms with Gasteiger partial charge in [0.2, 0.25) is 5.91 Å². The maximum absolute atomic E-state index is 13.6. The maximum Gasteiger partial charge on any atom is 0.264 e. The van der Waals surface area contributed by atoms with E-state index in [1.54, 1.807) is 7.11 Å². The molecule has 2 amide bonds. The highest BCUT2D eigenvalue weighted by atomic mass is 16.5. The number of aryl methyl sites for hydroxylation is 1. The number of nitrogens with one attached hydrogen (secondary N) is 1. The van der Waals surface area contributed by atoms with Crippen LogP contribution in [0.15, 0.2) is 66.7 Å². The summed E-state index contributed by atoms with van der Waals surface area (Å²) in [5.74, 6) is 1.39. The molecule has 0 fully saturated rings. The lowest BCUT2D eigenvalue weighted by Gasteiger charge is -2.36. The third-order valence-electron chi connectivity index (χ3n) is 7.12. The van der Waals surface area contributed by atoms with E-state index in [0.29, 0.717) is 24.4 Å². The van der Waals surface area contributed by atoms with Gasteiger partial charge in [-0.1, -0.05) is 43.3 Å². The molecule has 2 aliphatic rings. The molecule has 6 heteroatoms. The van der Waals surface area contributed by atoms with Gasteiger partial charge in [0.05, 0.1) is 26.1 Å². The van der Waals surface area contributed by atoms with Gasteiger partial charge in [0.1, 0.15) is 11.5 Å². The second-order valence-electron chi connectivity index (χ2n) is 9.48. The molecule has 0 saturated heterocycles. The average molecular weight is 485 g/mol. The van der Waals surface area contributed by atoms with E-state index in [4.69, 9.17) is 9.47 Å². The van der Waals surface area contributed by atoms with Crippen LogP contribution in [0.5, 0.6) is 11.5 Å². The standard InChI is InChI=1S/C30H32N2O4/c1-3-27-30(34)32(26-10-6-8-21-7-4-5-9-25(21)26)19-22-18-23(13-16-28(22)36-27)31-29(33)17-20-11-14-24(35-2)15-12-20/h4-5,7,9,11-16,18,26-27H,3,6,8,10,17,19H2,1-2H3,(H,31,33). The molecular formula is C30H32N2O4. The Bertz CT molecular complexity index is 1250. The topological polar surface area (TPSA) is 67.9 Å². The van der Waals surface area contributed by atoms with Crippen LogP contribution in [0.2, 0.25) is 0 Å². The number of rotatable bonds is 6. The zero-order valence-electron chi connectivity index (χ0n) is 20.8. The van der Waals surface area contributed by atoms with Crippen LogP contribution in [-0.2, 0) is 29.0 Å². The molecule has 0 spiro atoms. The van der Waals surface area contributed by atoms with Crippen molar-refractivity contribution in [3.8, 4) is 11.5 Å². The second-order valence-corrected chi connectivity index (χ2v) is 9.48. The van der Waals surface area contributed by atoms with Crippen LogP contribution in [0.3, 0.4) is 0 Å². The highest BCUT2D eigenvalue weighted by Crippen LogP contribution is 2.39. The van der Waals surface area contributed by atoms with E-state index >= 15 is 0 Å². The molecule has 1 aliphatic heterocycles. The molecule has 2 unspecified atom stereocenters. The molecule has 1 heterocycles. The molecular weight excluding hydrogens is 452 g/mol. The summed E-state index contributed by atoms with van der Waals surface area (Å²) in [5, 5.41) is 3.01.